The number of hydrogen-bond acceptors (Lipinski definition) is 3. The predicted octanol–water partition coefficient (Wildman–Crippen LogP) is 3.06. The molecule has 1 amide bonds. The summed E-state index contributed by atoms with van der Waals surface area (Å²) in [5, 5.41) is 8.87. The minimum atomic E-state index is -1.20. The third kappa shape index (κ3) is 3.23. The van der Waals surface area contributed by atoms with E-state index in [-0.39, 0.29) is 29.5 Å². The fourth-order valence-corrected chi connectivity index (χ4v) is 2.29. The van der Waals surface area contributed by atoms with Crippen molar-refractivity contribution in [3.63, 3.8) is 0 Å². The summed E-state index contributed by atoms with van der Waals surface area (Å²) < 4.78 is 31.8. The zero-order valence-corrected chi connectivity index (χ0v) is 12.0. The SMILES string of the molecule is O=C(O)c1coc(C(=O)N(Cc2ccc(F)cc2F)C2CC2)c1. The van der Waals surface area contributed by atoms with Gasteiger partial charge in [0.25, 0.3) is 5.91 Å². The molecule has 0 aliphatic heterocycles. The molecule has 2 aromatic rings. The van der Waals surface area contributed by atoms with Gasteiger partial charge in [-0.25, -0.2) is 13.6 Å². The summed E-state index contributed by atoms with van der Waals surface area (Å²) in [5.74, 6) is -3.24. The Kier molecular flexibility index (Phi) is 3.85. The van der Waals surface area contributed by atoms with Crippen LogP contribution in [0.25, 0.3) is 0 Å². The first kappa shape index (κ1) is 15.2. The molecule has 1 saturated carbocycles. The highest BCUT2D eigenvalue weighted by atomic mass is 19.1. The Morgan fingerprint density at radius 2 is 2.00 bits per heavy atom. The molecule has 0 atom stereocenters. The van der Waals surface area contributed by atoms with Crippen LogP contribution in [0.1, 0.15) is 39.3 Å². The number of furan rings is 1. The van der Waals surface area contributed by atoms with E-state index in [9.17, 15) is 18.4 Å². The lowest BCUT2D eigenvalue weighted by Crippen LogP contribution is -2.32. The summed E-state index contributed by atoms with van der Waals surface area (Å²) in [6, 6.07) is 4.27. The van der Waals surface area contributed by atoms with Gasteiger partial charge in [0.15, 0.2) is 5.76 Å². The Morgan fingerprint density at radius 3 is 2.57 bits per heavy atom. The second-order valence-corrected chi connectivity index (χ2v) is 5.40. The highest BCUT2D eigenvalue weighted by Crippen LogP contribution is 2.30. The molecule has 0 saturated heterocycles. The standard InChI is InChI=1S/C16H13F2NO4/c17-11-2-1-9(13(18)6-11)7-19(12-3-4-12)15(20)14-5-10(8-23-14)16(21)22/h1-2,5-6,8,12H,3-4,7H2,(H,21,22). The molecular weight excluding hydrogens is 308 g/mol. The lowest BCUT2D eigenvalue weighted by molar-refractivity contribution is 0.0687. The minimum absolute atomic E-state index is 0.0290. The van der Waals surface area contributed by atoms with E-state index in [0.29, 0.717) is 0 Å². The van der Waals surface area contributed by atoms with Crippen molar-refractivity contribution in [3.8, 4) is 0 Å². The average molecular weight is 321 g/mol. The molecule has 23 heavy (non-hydrogen) atoms. The van der Waals surface area contributed by atoms with Crippen molar-refractivity contribution in [2.45, 2.75) is 25.4 Å². The number of carbonyl (C=O) groups excluding carboxylic acids is 1. The molecule has 3 rings (SSSR count). The average Bonchev–Trinajstić information content (AvgIpc) is 3.21. The number of amides is 1. The van der Waals surface area contributed by atoms with Crippen LogP contribution in [0.4, 0.5) is 8.78 Å². The van der Waals surface area contributed by atoms with E-state index in [2.05, 4.69) is 0 Å². The van der Waals surface area contributed by atoms with Crippen molar-refractivity contribution < 1.29 is 27.9 Å². The number of benzene rings is 1. The van der Waals surface area contributed by atoms with E-state index in [1.165, 1.54) is 11.0 Å². The topological polar surface area (TPSA) is 70.7 Å². The number of carbonyl (C=O) groups is 2. The number of rotatable bonds is 5. The first-order valence-corrected chi connectivity index (χ1v) is 7.02. The van der Waals surface area contributed by atoms with E-state index < -0.39 is 23.5 Å². The van der Waals surface area contributed by atoms with Gasteiger partial charge in [-0.05, 0) is 18.9 Å². The van der Waals surface area contributed by atoms with Crippen molar-refractivity contribution in [3.05, 3.63) is 59.1 Å². The van der Waals surface area contributed by atoms with Gasteiger partial charge < -0.3 is 14.4 Å². The Morgan fingerprint density at radius 1 is 1.26 bits per heavy atom. The van der Waals surface area contributed by atoms with E-state index in [0.717, 1.165) is 37.3 Å². The number of carboxylic acids is 1. The molecule has 1 aliphatic carbocycles. The van der Waals surface area contributed by atoms with Gasteiger partial charge in [0.2, 0.25) is 0 Å². The smallest absolute Gasteiger partial charge is 0.338 e. The molecule has 5 nitrogen and oxygen atoms in total. The van der Waals surface area contributed by atoms with Crippen molar-refractivity contribution in [1.82, 2.24) is 4.90 Å². The van der Waals surface area contributed by atoms with Gasteiger partial charge in [-0.2, -0.15) is 0 Å². The van der Waals surface area contributed by atoms with Crippen molar-refractivity contribution >= 4 is 11.9 Å². The summed E-state index contributed by atoms with van der Waals surface area (Å²) in [7, 11) is 0. The molecule has 1 fully saturated rings. The molecule has 7 heteroatoms. The van der Waals surface area contributed by atoms with Gasteiger partial charge in [-0.1, -0.05) is 6.07 Å². The molecule has 0 spiro atoms. The van der Waals surface area contributed by atoms with Crippen molar-refractivity contribution in [2.24, 2.45) is 0 Å². The maximum absolute atomic E-state index is 13.8. The largest absolute Gasteiger partial charge is 0.478 e. The summed E-state index contributed by atoms with van der Waals surface area (Å²) >= 11 is 0. The quantitative estimate of drug-likeness (QED) is 0.919. The Hall–Kier alpha value is -2.70. The molecule has 120 valence electrons. The Balaban J connectivity index is 1.83. The summed E-state index contributed by atoms with van der Waals surface area (Å²) in [6.45, 7) is -0.0290. The van der Waals surface area contributed by atoms with Crippen LogP contribution in [-0.4, -0.2) is 27.9 Å². The monoisotopic (exact) mass is 321 g/mol. The fourth-order valence-electron chi connectivity index (χ4n) is 2.29. The van der Waals surface area contributed by atoms with Crippen LogP contribution < -0.4 is 0 Å². The predicted molar refractivity (Wildman–Crippen MR) is 74.9 cm³/mol. The van der Waals surface area contributed by atoms with Gasteiger partial charge in [0.1, 0.15) is 17.9 Å². The van der Waals surface area contributed by atoms with Crippen LogP contribution in [0.15, 0.2) is 34.9 Å². The lowest BCUT2D eigenvalue weighted by Gasteiger charge is -2.21. The van der Waals surface area contributed by atoms with Gasteiger partial charge in [-0.3, -0.25) is 4.79 Å². The second kappa shape index (κ2) is 5.83. The molecular formula is C16H13F2NO4. The second-order valence-electron chi connectivity index (χ2n) is 5.40. The maximum Gasteiger partial charge on any atom is 0.338 e. The molecule has 0 radical (unpaired) electrons. The summed E-state index contributed by atoms with van der Waals surface area (Å²) in [5.41, 5.74) is 0.0636. The molecule has 1 aromatic carbocycles. The zero-order chi connectivity index (χ0) is 16.6. The van der Waals surface area contributed by atoms with Gasteiger partial charge in [0.05, 0.1) is 5.56 Å². The zero-order valence-electron chi connectivity index (χ0n) is 12.0. The van der Waals surface area contributed by atoms with Gasteiger partial charge >= 0.3 is 5.97 Å². The van der Waals surface area contributed by atoms with Crippen LogP contribution >= 0.6 is 0 Å². The fraction of sp³-hybridized carbons (Fsp3) is 0.250. The molecule has 0 unspecified atom stereocenters. The first-order chi connectivity index (χ1) is 11.0. The first-order valence-electron chi connectivity index (χ1n) is 7.02. The van der Waals surface area contributed by atoms with Crippen LogP contribution in [0.3, 0.4) is 0 Å². The minimum Gasteiger partial charge on any atom is -0.478 e. The van der Waals surface area contributed by atoms with Gasteiger partial charge in [-0.15, -0.1) is 0 Å². The van der Waals surface area contributed by atoms with Crippen molar-refractivity contribution in [2.75, 3.05) is 0 Å². The van der Waals surface area contributed by atoms with E-state index in [4.69, 9.17) is 9.52 Å². The normalized spacial score (nSPS) is 13.8. The molecule has 1 N–H and O–H groups in total. The summed E-state index contributed by atoms with van der Waals surface area (Å²) in [6.07, 6.45) is 2.54. The van der Waals surface area contributed by atoms with Crippen LogP contribution in [-0.2, 0) is 6.54 Å². The number of carboxylic acid groups (broad SMARTS) is 1. The van der Waals surface area contributed by atoms with E-state index in [1.54, 1.807) is 0 Å². The van der Waals surface area contributed by atoms with E-state index >= 15 is 0 Å². The third-order valence-corrected chi connectivity index (χ3v) is 3.66. The highest BCUT2D eigenvalue weighted by Gasteiger charge is 2.35. The number of halogens is 2. The Labute approximate surface area is 130 Å². The number of hydrogen-bond donors (Lipinski definition) is 1. The number of aromatic carboxylic acids is 1. The lowest BCUT2D eigenvalue weighted by atomic mass is 10.2. The molecule has 1 aliphatic rings. The molecule has 0 bridgehead atoms. The summed E-state index contributed by atoms with van der Waals surface area (Å²) in [4.78, 5) is 24.8. The van der Waals surface area contributed by atoms with Crippen LogP contribution in [0.2, 0.25) is 0 Å². The third-order valence-electron chi connectivity index (χ3n) is 3.66. The number of nitrogens with zero attached hydrogens (tertiary/aromatic N) is 1. The van der Waals surface area contributed by atoms with Crippen LogP contribution in [0.5, 0.6) is 0 Å². The van der Waals surface area contributed by atoms with Crippen molar-refractivity contribution in [1.29, 1.82) is 0 Å². The molecule has 1 heterocycles. The maximum atomic E-state index is 13.8. The Bertz CT molecular complexity index is 767. The van der Waals surface area contributed by atoms with E-state index in [1.807, 2.05) is 0 Å². The van der Waals surface area contributed by atoms with Gasteiger partial charge in [0, 0.05) is 30.3 Å². The highest BCUT2D eigenvalue weighted by molar-refractivity contribution is 5.95. The van der Waals surface area contributed by atoms with Crippen LogP contribution in [0, 0.1) is 11.6 Å². The molecule has 1 aromatic heterocycles.